The van der Waals surface area contributed by atoms with Gasteiger partial charge in [-0.15, -0.1) is 4.40 Å². The summed E-state index contributed by atoms with van der Waals surface area (Å²) in [7, 11) is -2.89. The summed E-state index contributed by atoms with van der Waals surface area (Å²) in [4.78, 5) is 2.30. The van der Waals surface area contributed by atoms with Gasteiger partial charge >= 0.3 is 0 Å². The van der Waals surface area contributed by atoms with Gasteiger partial charge in [-0.25, -0.2) is 0 Å². The third-order valence-corrected chi connectivity index (χ3v) is 8.00. The minimum absolute atomic E-state index is 0.269. The molecule has 0 aromatic heterocycles. The van der Waals surface area contributed by atoms with Crippen LogP contribution in [0.1, 0.15) is 36.8 Å². The number of rotatable bonds is 3. The van der Waals surface area contributed by atoms with Crippen molar-refractivity contribution in [2.24, 2.45) is 4.40 Å². The lowest BCUT2D eigenvalue weighted by atomic mass is 9.63. The highest BCUT2D eigenvalue weighted by atomic mass is 35.5. The highest BCUT2D eigenvalue weighted by Gasteiger charge is 2.52. The van der Waals surface area contributed by atoms with E-state index in [0.717, 1.165) is 37.1 Å². The number of benzene rings is 2. The molecule has 156 valence electrons. The van der Waals surface area contributed by atoms with Crippen LogP contribution in [-0.2, 0) is 5.41 Å². The molecule has 0 unspecified atom stereocenters. The average molecular weight is 444 g/mol. The lowest BCUT2D eigenvalue weighted by molar-refractivity contribution is 0.150. The molecule has 3 aliphatic heterocycles. The minimum Gasteiger partial charge on any atom is -0.457 e. The van der Waals surface area contributed by atoms with Gasteiger partial charge in [0.05, 0.1) is 21.8 Å². The summed E-state index contributed by atoms with van der Waals surface area (Å²) >= 11 is 6.09. The molecule has 2 aromatic rings. The fraction of sp³-hybridized carbons (Fsp3) is 0.364. The van der Waals surface area contributed by atoms with Crippen LogP contribution < -0.4 is 4.74 Å². The summed E-state index contributed by atoms with van der Waals surface area (Å²) in [6.07, 6.45) is 4.13. The Hall–Kier alpha value is -2.24. The molecule has 4 aliphatic rings. The summed E-state index contributed by atoms with van der Waals surface area (Å²) in [6, 6.07) is 15.4. The molecule has 1 aliphatic carbocycles. The number of fused-ring (bicyclic) bond motifs is 2. The summed E-state index contributed by atoms with van der Waals surface area (Å²) in [5, 5.41) is 9.36. The van der Waals surface area contributed by atoms with Gasteiger partial charge < -0.3 is 9.64 Å². The van der Waals surface area contributed by atoms with E-state index < -0.39 is 10.8 Å². The molecule has 0 atom stereocenters. The lowest BCUT2D eigenvalue weighted by Crippen LogP contribution is -2.62. The molecule has 0 spiro atoms. The molecule has 2 bridgehead atoms. The molecule has 0 amide bonds. The van der Waals surface area contributed by atoms with E-state index in [0.29, 0.717) is 40.4 Å². The number of halogens is 1. The predicted molar refractivity (Wildman–Crippen MR) is 118 cm³/mol. The van der Waals surface area contributed by atoms with Gasteiger partial charge in [0.15, 0.2) is 0 Å². The summed E-state index contributed by atoms with van der Waals surface area (Å²) in [6.45, 7) is 0.661. The fourth-order valence-corrected chi connectivity index (χ4v) is 6.26. The smallest absolute Gasteiger partial charge is 0.135 e. The molecular formula is C22H22ClN3O3S. The Morgan fingerprint density at radius 1 is 1.13 bits per heavy atom. The Kier molecular flexibility index (Phi) is 4.71. The first-order chi connectivity index (χ1) is 14.4. The predicted octanol–water partition coefficient (Wildman–Crippen LogP) is 5.58. The molecule has 3 fully saturated rings. The SMILES string of the molecule is N#Cc1ccc(Oc2ccc(C34CCC(CC3)N3CCS(O)(O)N=C34)cc2)cc1Cl. The van der Waals surface area contributed by atoms with Crippen LogP contribution in [0, 0.1) is 11.3 Å². The van der Waals surface area contributed by atoms with Crippen molar-refractivity contribution < 1.29 is 13.8 Å². The topological polar surface area (TPSA) is 89.1 Å². The first-order valence-corrected chi connectivity index (χ1v) is 12.1. The van der Waals surface area contributed by atoms with Crippen molar-refractivity contribution in [2.45, 2.75) is 37.1 Å². The first kappa shape index (κ1) is 19.7. The van der Waals surface area contributed by atoms with Crippen LogP contribution in [0.15, 0.2) is 46.9 Å². The normalized spacial score (nSPS) is 27.6. The molecule has 3 heterocycles. The van der Waals surface area contributed by atoms with Crippen molar-refractivity contribution in [1.29, 1.82) is 5.26 Å². The molecule has 30 heavy (non-hydrogen) atoms. The largest absolute Gasteiger partial charge is 0.457 e. The molecule has 6 nitrogen and oxygen atoms in total. The van der Waals surface area contributed by atoms with Gasteiger partial charge in [0.25, 0.3) is 0 Å². The van der Waals surface area contributed by atoms with Crippen LogP contribution >= 0.6 is 22.4 Å². The van der Waals surface area contributed by atoms with E-state index in [1.165, 1.54) is 0 Å². The Labute approximate surface area is 182 Å². The van der Waals surface area contributed by atoms with E-state index >= 15 is 0 Å². The van der Waals surface area contributed by atoms with Gasteiger partial charge in [0.1, 0.15) is 23.4 Å². The van der Waals surface area contributed by atoms with Crippen LogP contribution in [0.2, 0.25) is 5.02 Å². The van der Waals surface area contributed by atoms with Crippen molar-refractivity contribution in [3.63, 3.8) is 0 Å². The van der Waals surface area contributed by atoms with Gasteiger partial charge in [-0.1, -0.05) is 34.5 Å². The van der Waals surface area contributed by atoms with Crippen molar-refractivity contribution in [1.82, 2.24) is 4.90 Å². The van der Waals surface area contributed by atoms with Crippen LogP contribution in [0.25, 0.3) is 0 Å². The third kappa shape index (κ3) is 3.25. The molecule has 2 aromatic carbocycles. The number of nitrogens with zero attached hydrogens (tertiary/aromatic N) is 3. The van der Waals surface area contributed by atoms with Crippen molar-refractivity contribution in [3.05, 3.63) is 58.6 Å². The second-order valence-corrected chi connectivity index (χ2v) is 10.4. The van der Waals surface area contributed by atoms with Crippen LogP contribution in [0.3, 0.4) is 0 Å². The van der Waals surface area contributed by atoms with E-state index in [1.54, 1.807) is 18.2 Å². The number of hydrogen-bond acceptors (Lipinski definition) is 6. The highest BCUT2D eigenvalue weighted by Crippen LogP contribution is 2.54. The molecular weight excluding hydrogens is 422 g/mol. The van der Waals surface area contributed by atoms with E-state index in [9.17, 15) is 9.11 Å². The first-order valence-electron chi connectivity index (χ1n) is 10.0. The molecule has 6 rings (SSSR count). The number of nitriles is 1. The Bertz CT molecular complexity index is 1060. The maximum atomic E-state index is 10.2. The van der Waals surface area contributed by atoms with E-state index in [4.69, 9.17) is 21.6 Å². The zero-order chi connectivity index (χ0) is 20.9. The molecule has 2 N–H and O–H groups in total. The minimum atomic E-state index is -2.89. The summed E-state index contributed by atoms with van der Waals surface area (Å²) < 4.78 is 30.8. The van der Waals surface area contributed by atoms with Crippen LogP contribution in [0.5, 0.6) is 11.5 Å². The number of ether oxygens (including phenoxy) is 1. The maximum Gasteiger partial charge on any atom is 0.135 e. The fourth-order valence-electron chi connectivity index (χ4n) is 4.96. The molecule has 1 saturated carbocycles. The van der Waals surface area contributed by atoms with Gasteiger partial charge in [0.2, 0.25) is 0 Å². The lowest BCUT2D eigenvalue weighted by Gasteiger charge is -2.57. The molecule has 0 radical (unpaired) electrons. The zero-order valence-electron chi connectivity index (χ0n) is 16.3. The Balaban J connectivity index is 1.44. The maximum absolute atomic E-state index is 10.2. The average Bonchev–Trinajstić information content (AvgIpc) is 2.74. The second-order valence-electron chi connectivity index (χ2n) is 8.14. The van der Waals surface area contributed by atoms with Gasteiger partial charge in [-0.05, 0) is 55.5 Å². The molecule has 8 heteroatoms. The summed E-state index contributed by atoms with van der Waals surface area (Å²) in [5.41, 5.74) is 1.27. The number of amidine groups is 1. The standard InChI is InChI=1S/C22H22ClN3O3S/c23-20-13-19(4-1-15(20)14-24)29-18-5-2-16(3-6-18)22-9-7-17(8-10-22)26-11-12-30(27,28)25-21(22)26/h1-6,13,17,27-28H,7-12H2. The monoisotopic (exact) mass is 443 g/mol. The number of hydrogen-bond donors (Lipinski definition) is 2. The van der Waals surface area contributed by atoms with Crippen LogP contribution in [0.4, 0.5) is 0 Å². The number of piperidine rings is 2. The summed E-state index contributed by atoms with van der Waals surface area (Å²) in [5.74, 6) is 2.42. The second kappa shape index (κ2) is 7.17. The van der Waals surface area contributed by atoms with Gasteiger partial charge in [0, 0.05) is 18.7 Å². The van der Waals surface area contributed by atoms with Crippen molar-refractivity contribution in [2.75, 3.05) is 12.3 Å². The van der Waals surface area contributed by atoms with Crippen molar-refractivity contribution >= 4 is 28.2 Å². The molecule has 2 saturated heterocycles. The quantitative estimate of drug-likeness (QED) is 0.646. The third-order valence-electron chi connectivity index (χ3n) is 6.49. The van der Waals surface area contributed by atoms with Crippen molar-refractivity contribution in [3.8, 4) is 17.6 Å². The van der Waals surface area contributed by atoms with Gasteiger partial charge in [-0.3, -0.25) is 9.11 Å². The zero-order valence-corrected chi connectivity index (χ0v) is 17.9. The highest BCUT2D eigenvalue weighted by molar-refractivity contribution is 8.23. The van der Waals surface area contributed by atoms with Gasteiger partial charge in [-0.2, -0.15) is 5.26 Å². The Morgan fingerprint density at radius 3 is 2.50 bits per heavy atom. The Morgan fingerprint density at radius 2 is 1.83 bits per heavy atom. The van der Waals surface area contributed by atoms with E-state index in [-0.39, 0.29) is 5.41 Å². The van der Waals surface area contributed by atoms with E-state index in [2.05, 4.69) is 9.30 Å². The van der Waals surface area contributed by atoms with Crippen LogP contribution in [-0.4, -0.2) is 38.2 Å². The van der Waals surface area contributed by atoms with E-state index in [1.807, 2.05) is 30.3 Å².